The molecule has 0 N–H and O–H groups in total. The van der Waals surface area contributed by atoms with Gasteiger partial charge in [0.25, 0.3) is 0 Å². The van der Waals surface area contributed by atoms with Gasteiger partial charge < -0.3 is 0 Å². The van der Waals surface area contributed by atoms with Crippen molar-refractivity contribution >= 4 is 24.1 Å². The molecule has 0 spiro atoms. The van der Waals surface area contributed by atoms with E-state index in [9.17, 15) is 0 Å². The smallest absolute Gasteiger partial charge is 0.277 e. The summed E-state index contributed by atoms with van der Waals surface area (Å²) in [5.74, 6) is 0. The molecule has 0 radical (unpaired) electrons. The van der Waals surface area contributed by atoms with Gasteiger partial charge in [-0.3, -0.25) is 13.9 Å². The third-order valence-electron chi connectivity index (χ3n) is 6.44. The fraction of sp³-hybridized carbons (Fsp3) is 0. The Kier molecular flexibility index (Phi) is 5.77. The summed E-state index contributed by atoms with van der Waals surface area (Å²) in [6, 6.07) is 46.8. The van der Waals surface area contributed by atoms with E-state index in [4.69, 9.17) is 0 Å². The molecular weight excluding hydrogens is 459 g/mol. The van der Waals surface area contributed by atoms with E-state index in [0.29, 0.717) is 0 Å². The summed E-state index contributed by atoms with van der Waals surface area (Å²) in [6.07, 6.45) is 3.86. The Hall–Kier alpha value is -4.33. The van der Waals surface area contributed by atoms with Crippen molar-refractivity contribution in [1.29, 1.82) is 0 Å². The summed E-state index contributed by atoms with van der Waals surface area (Å²) < 4.78 is 19.3. The van der Waals surface area contributed by atoms with Crippen LogP contribution in [-0.2, 0) is 4.57 Å². The molecule has 0 saturated heterocycles. The Morgan fingerprint density at radius 1 is 0.417 bits per heavy atom. The fourth-order valence-corrected chi connectivity index (χ4v) is 7.37. The summed E-state index contributed by atoms with van der Waals surface area (Å²) in [5, 5.41) is 0.778. The van der Waals surface area contributed by atoms with Gasteiger partial charge in [0, 0.05) is 23.8 Å². The van der Waals surface area contributed by atoms with Crippen LogP contribution in [0.25, 0.3) is 22.3 Å². The zero-order chi connectivity index (χ0) is 24.4. The van der Waals surface area contributed by atoms with Gasteiger partial charge in [-0.25, -0.2) is 0 Å². The lowest BCUT2D eigenvalue weighted by atomic mass is 9.99. The third kappa shape index (κ3) is 3.94. The number of benzene rings is 5. The van der Waals surface area contributed by atoms with E-state index >= 15 is 4.57 Å². The molecule has 36 heavy (non-hydrogen) atoms. The maximum absolute atomic E-state index is 15.4. The molecule has 0 bridgehead atoms. The largest absolute Gasteiger partial charge is 0.300 e. The van der Waals surface area contributed by atoms with Crippen LogP contribution >= 0.6 is 7.44 Å². The zero-order valence-corrected chi connectivity index (χ0v) is 20.6. The Labute approximate surface area is 212 Å². The highest BCUT2D eigenvalue weighted by molar-refractivity contribution is 7.75. The minimum atomic E-state index is -3.33. The van der Waals surface area contributed by atoms with E-state index < -0.39 is 7.44 Å². The van der Waals surface area contributed by atoms with E-state index in [0.717, 1.165) is 38.9 Å². The van der Waals surface area contributed by atoms with E-state index in [-0.39, 0.29) is 0 Å². The number of rotatable bonds is 5. The summed E-state index contributed by atoms with van der Waals surface area (Å²) in [5.41, 5.74) is 6.04. The van der Waals surface area contributed by atoms with Gasteiger partial charge in [0.1, 0.15) is 0 Å². The molecule has 1 aliphatic heterocycles. The number of anilines is 2. The van der Waals surface area contributed by atoms with Crippen LogP contribution < -0.4 is 14.6 Å². The monoisotopic (exact) mass is 484 g/mol. The van der Waals surface area contributed by atoms with Gasteiger partial charge in [-0.1, -0.05) is 97.1 Å². The minimum Gasteiger partial charge on any atom is -0.277 e. The average Bonchev–Trinajstić information content (AvgIpc) is 3.33. The Balaban J connectivity index is 1.60. The van der Waals surface area contributed by atoms with Crippen molar-refractivity contribution in [2.75, 3.05) is 9.34 Å². The van der Waals surface area contributed by atoms with Gasteiger partial charge in [-0.05, 0) is 64.7 Å². The molecule has 0 saturated carbocycles. The predicted octanol–water partition coefficient (Wildman–Crippen LogP) is 8.34. The molecule has 0 aliphatic carbocycles. The standard InChI is InChI=1S/C32H25N2OP/c35-36(33(30-17-9-3-10-18-30)21-22-34(36)31-19-11-4-12-20-31)32-24-28(26-13-5-1-6-14-26)23-29(25-32)27-15-7-2-8-16-27/h1-25H. The lowest BCUT2D eigenvalue weighted by Crippen LogP contribution is -2.27. The molecule has 3 nitrogen and oxygen atoms in total. The van der Waals surface area contributed by atoms with Gasteiger partial charge >= 0.3 is 7.44 Å². The van der Waals surface area contributed by atoms with Crippen LogP contribution in [0, 0.1) is 0 Å². The van der Waals surface area contributed by atoms with E-state index in [2.05, 4.69) is 42.5 Å². The lowest BCUT2D eigenvalue weighted by molar-refractivity contribution is 0.582. The summed E-state index contributed by atoms with van der Waals surface area (Å²) in [4.78, 5) is 0. The second kappa shape index (κ2) is 9.37. The van der Waals surface area contributed by atoms with Crippen LogP contribution in [0.15, 0.2) is 152 Å². The SMILES string of the molecule is O=P1(c2cc(-c3ccccc3)cc(-c3ccccc3)c2)N(c2ccccc2)C=CN1c1ccccc1. The second-order valence-corrected chi connectivity index (χ2v) is 11.2. The van der Waals surface area contributed by atoms with Crippen LogP contribution in [0.3, 0.4) is 0 Å². The maximum atomic E-state index is 15.4. The van der Waals surface area contributed by atoms with Crippen molar-refractivity contribution in [1.82, 2.24) is 0 Å². The average molecular weight is 485 g/mol. The first kappa shape index (κ1) is 22.2. The molecule has 0 fully saturated rings. The van der Waals surface area contributed by atoms with E-state index in [1.54, 1.807) is 0 Å². The number of hydrogen-bond acceptors (Lipinski definition) is 1. The Morgan fingerprint density at radius 3 is 1.17 bits per heavy atom. The molecule has 6 rings (SSSR count). The molecule has 5 aromatic rings. The van der Waals surface area contributed by atoms with Crippen LogP contribution in [0.5, 0.6) is 0 Å². The van der Waals surface area contributed by atoms with Gasteiger partial charge in [0.2, 0.25) is 0 Å². The topological polar surface area (TPSA) is 23.6 Å². The molecule has 0 amide bonds. The van der Waals surface area contributed by atoms with Crippen molar-refractivity contribution in [2.45, 2.75) is 0 Å². The molecule has 5 aromatic carbocycles. The normalized spacial score (nSPS) is 14.2. The summed E-state index contributed by atoms with van der Waals surface area (Å²) in [7, 11) is -3.33. The molecule has 1 heterocycles. The molecule has 0 unspecified atom stereocenters. The van der Waals surface area contributed by atoms with Gasteiger partial charge in [-0.2, -0.15) is 0 Å². The van der Waals surface area contributed by atoms with E-state index in [1.165, 1.54) is 0 Å². The second-order valence-electron chi connectivity index (χ2n) is 8.70. The highest BCUT2D eigenvalue weighted by Crippen LogP contribution is 2.60. The Morgan fingerprint density at radius 2 is 0.778 bits per heavy atom. The quantitative estimate of drug-likeness (QED) is 0.234. The van der Waals surface area contributed by atoms with Crippen LogP contribution in [-0.4, -0.2) is 0 Å². The van der Waals surface area contributed by atoms with Gasteiger partial charge in [-0.15, -0.1) is 0 Å². The molecular formula is C32H25N2OP. The van der Waals surface area contributed by atoms with Gasteiger partial charge in [0.05, 0.1) is 5.30 Å². The fourth-order valence-electron chi connectivity index (χ4n) is 4.68. The predicted molar refractivity (Wildman–Crippen MR) is 152 cm³/mol. The zero-order valence-electron chi connectivity index (χ0n) is 19.7. The Bertz CT molecular complexity index is 1440. The van der Waals surface area contributed by atoms with E-state index in [1.807, 2.05) is 119 Å². The van der Waals surface area contributed by atoms with Crippen molar-refractivity contribution in [3.05, 3.63) is 152 Å². The van der Waals surface area contributed by atoms with Crippen molar-refractivity contribution in [3.63, 3.8) is 0 Å². The first-order valence-electron chi connectivity index (χ1n) is 12.0. The number of hydrogen-bond donors (Lipinski definition) is 0. The molecule has 1 aliphatic rings. The highest BCUT2D eigenvalue weighted by atomic mass is 31.2. The number of nitrogens with zero attached hydrogens (tertiary/aromatic N) is 2. The molecule has 4 heteroatoms. The summed E-state index contributed by atoms with van der Waals surface area (Å²) >= 11 is 0. The first-order chi connectivity index (χ1) is 17.7. The van der Waals surface area contributed by atoms with Crippen molar-refractivity contribution in [3.8, 4) is 22.3 Å². The lowest BCUT2D eigenvalue weighted by Gasteiger charge is -2.33. The highest BCUT2D eigenvalue weighted by Gasteiger charge is 2.42. The number of para-hydroxylation sites is 2. The minimum absolute atomic E-state index is 0.778. The van der Waals surface area contributed by atoms with Crippen molar-refractivity contribution in [2.24, 2.45) is 0 Å². The van der Waals surface area contributed by atoms with Crippen LogP contribution in [0.1, 0.15) is 0 Å². The third-order valence-corrected chi connectivity index (χ3v) is 9.27. The first-order valence-corrected chi connectivity index (χ1v) is 13.6. The van der Waals surface area contributed by atoms with Crippen molar-refractivity contribution < 1.29 is 4.57 Å². The molecule has 174 valence electrons. The molecule has 0 atom stereocenters. The van der Waals surface area contributed by atoms with Crippen LogP contribution in [0.2, 0.25) is 0 Å². The maximum Gasteiger partial charge on any atom is 0.300 e. The molecule has 0 aromatic heterocycles. The van der Waals surface area contributed by atoms with Crippen LogP contribution in [0.4, 0.5) is 11.4 Å². The summed E-state index contributed by atoms with van der Waals surface area (Å²) in [6.45, 7) is 0. The van der Waals surface area contributed by atoms with Gasteiger partial charge in [0.15, 0.2) is 0 Å².